The Bertz CT molecular complexity index is 775. The molecule has 32 heavy (non-hydrogen) atoms. The third-order valence-electron chi connectivity index (χ3n) is 10.0. The largest absolute Gasteiger partial charge is 0.385 e. The molecule has 0 aromatic carbocycles. The van der Waals surface area contributed by atoms with Crippen molar-refractivity contribution in [1.29, 1.82) is 0 Å². The molecular formula is C29H48O3. The highest BCUT2D eigenvalue weighted by Crippen LogP contribution is 2.62. The fraction of sp³-hybridized carbons (Fsp3) is 0.862. The van der Waals surface area contributed by atoms with Gasteiger partial charge in [0.05, 0.1) is 0 Å². The van der Waals surface area contributed by atoms with E-state index in [2.05, 4.69) is 41.5 Å². The van der Waals surface area contributed by atoms with Crippen LogP contribution < -0.4 is 0 Å². The van der Waals surface area contributed by atoms with Crippen LogP contribution in [0.2, 0.25) is 0 Å². The summed E-state index contributed by atoms with van der Waals surface area (Å²) in [6, 6.07) is 0. The highest BCUT2D eigenvalue weighted by molar-refractivity contribution is 6.02. The molecule has 3 heteroatoms. The second kappa shape index (κ2) is 9.01. The summed E-state index contributed by atoms with van der Waals surface area (Å²) >= 11 is 0. The van der Waals surface area contributed by atoms with Crippen molar-refractivity contribution in [3.8, 4) is 0 Å². The number of aliphatic hydroxyl groups excluding tert-OH is 1. The molecule has 3 rings (SSSR count). The Labute approximate surface area is 196 Å². The van der Waals surface area contributed by atoms with Crippen LogP contribution in [0.3, 0.4) is 0 Å². The Hall–Kier alpha value is -0.960. The molecule has 3 aliphatic rings. The molecule has 0 bridgehead atoms. The lowest BCUT2D eigenvalue weighted by molar-refractivity contribution is -0.154. The van der Waals surface area contributed by atoms with E-state index in [1.165, 1.54) is 24.8 Å². The number of carbonyl (C=O) groups is 2. The molecule has 0 spiro atoms. The topological polar surface area (TPSA) is 54.4 Å². The number of Topliss-reactive ketones (excluding diaryl/α,β-unsaturated/α-hetero) is 2. The van der Waals surface area contributed by atoms with Crippen LogP contribution in [0.5, 0.6) is 0 Å². The molecule has 0 radical (unpaired) electrons. The SMILES string of the molecule is CC[C@H]([C@H](C)CCCC(C)C)[C@@]1(C)CCC2=C(CC[C@H]3C(C)(C)[C@@H](O)C(=O)C[C@]23C)C1=O. The molecular weight excluding hydrogens is 396 g/mol. The first-order valence-corrected chi connectivity index (χ1v) is 13.3. The van der Waals surface area contributed by atoms with Crippen LogP contribution in [0, 0.1) is 39.9 Å². The maximum absolute atomic E-state index is 14.1. The Balaban J connectivity index is 1.90. The Morgan fingerprint density at radius 2 is 1.69 bits per heavy atom. The zero-order valence-corrected chi connectivity index (χ0v) is 22.0. The van der Waals surface area contributed by atoms with Crippen molar-refractivity contribution >= 4 is 11.6 Å². The van der Waals surface area contributed by atoms with Gasteiger partial charge in [0.2, 0.25) is 0 Å². The van der Waals surface area contributed by atoms with Crippen LogP contribution in [-0.2, 0) is 9.59 Å². The van der Waals surface area contributed by atoms with Crippen molar-refractivity contribution in [1.82, 2.24) is 0 Å². The number of hydrogen-bond acceptors (Lipinski definition) is 3. The van der Waals surface area contributed by atoms with Gasteiger partial charge in [0, 0.05) is 17.3 Å². The summed E-state index contributed by atoms with van der Waals surface area (Å²) in [5.74, 6) is 2.26. The van der Waals surface area contributed by atoms with E-state index in [0.29, 0.717) is 24.0 Å². The zero-order chi connectivity index (χ0) is 24.1. The van der Waals surface area contributed by atoms with Crippen LogP contribution in [-0.4, -0.2) is 22.8 Å². The molecule has 182 valence electrons. The van der Waals surface area contributed by atoms with E-state index in [-0.39, 0.29) is 22.5 Å². The minimum atomic E-state index is -0.886. The molecule has 1 fully saturated rings. The summed E-state index contributed by atoms with van der Waals surface area (Å²) in [5.41, 5.74) is 1.29. The minimum Gasteiger partial charge on any atom is -0.385 e. The van der Waals surface area contributed by atoms with Gasteiger partial charge in [-0.3, -0.25) is 9.59 Å². The molecule has 0 unspecified atom stereocenters. The molecule has 0 heterocycles. The quantitative estimate of drug-likeness (QED) is 0.464. The molecule has 1 N–H and O–H groups in total. The molecule has 1 saturated carbocycles. The third-order valence-corrected chi connectivity index (χ3v) is 10.0. The number of hydrogen-bond donors (Lipinski definition) is 1. The molecule has 0 amide bonds. The number of aliphatic hydroxyl groups is 1. The molecule has 3 aliphatic carbocycles. The highest BCUT2D eigenvalue weighted by Gasteiger charge is 2.59. The molecule has 0 aromatic heterocycles. The first-order chi connectivity index (χ1) is 14.8. The van der Waals surface area contributed by atoms with Gasteiger partial charge in [-0.1, -0.05) is 86.6 Å². The fourth-order valence-corrected chi connectivity index (χ4v) is 8.21. The number of allylic oxidation sites excluding steroid dienone is 2. The molecule has 0 aromatic rings. The first-order valence-electron chi connectivity index (χ1n) is 13.3. The van der Waals surface area contributed by atoms with Crippen molar-refractivity contribution < 1.29 is 14.7 Å². The Morgan fingerprint density at radius 3 is 2.28 bits per heavy atom. The van der Waals surface area contributed by atoms with E-state index in [9.17, 15) is 14.7 Å². The lowest BCUT2D eigenvalue weighted by atomic mass is 9.46. The highest BCUT2D eigenvalue weighted by atomic mass is 16.3. The molecule has 0 saturated heterocycles. The molecule has 0 aliphatic heterocycles. The summed E-state index contributed by atoms with van der Waals surface area (Å²) in [6.07, 6.45) is 7.79. The van der Waals surface area contributed by atoms with Crippen molar-refractivity contribution in [2.45, 2.75) is 119 Å². The summed E-state index contributed by atoms with van der Waals surface area (Å²) < 4.78 is 0. The molecule has 6 atom stereocenters. The number of rotatable bonds is 7. The Kier molecular flexibility index (Phi) is 7.22. The third kappa shape index (κ3) is 4.05. The van der Waals surface area contributed by atoms with Gasteiger partial charge in [0.25, 0.3) is 0 Å². The van der Waals surface area contributed by atoms with Gasteiger partial charge in [-0.25, -0.2) is 0 Å². The smallest absolute Gasteiger partial charge is 0.164 e. The average molecular weight is 445 g/mol. The standard InChI is InChI=1S/C29H48O3/c1-9-21(19(4)12-10-11-18(2)3)28(7)16-15-22-20(25(28)31)13-14-24-27(5,6)26(32)23(30)17-29(22,24)8/h18-19,21,24,26,32H,9-17H2,1-8H3/t19-,21-,24+,26+,28-,29-/m1/s1. The van der Waals surface area contributed by atoms with Crippen LogP contribution >= 0.6 is 0 Å². The van der Waals surface area contributed by atoms with Crippen LogP contribution in [0.25, 0.3) is 0 Å². The fourth-order valence-electron chi connectivity index (χ4n) is 8.21. The average Bonchev–Trinajstić information content (AvgIpc) is 2.69. The number of fused-ring (bicyclic) bond motifs is 2. The lowest BCUT2D eigenvalue weighted by Gasteiger charge is -2.58. The van der Waals surface area contributed by atoms with Crippen molar-refractivity contribution in [3.63, 3.8) is 0 Å². The van der Waals surface area contributed by atoms with E-state index < -0.39 is 11.5 Å². The van der Waals surface area contributed by atoms with Gasteiger partial charge in [-0.05, 0) is 60.3 Å². The first kappa shape index (κ1) is 25.7. The van der Waals surface area contributed by atoms with E-state index >= 15 is 0 Å². The van der Waals surface area contributed by atoms with Gasteiger partial charge in [0.15, 0.2) is 11.6 Å². The van der Waals surface area contributed by atoms with E-state index in [0.717, 1.165) is 43.6 Å². The maximum Gasteiger partial charge on any atom is 0.164 e. The second-order valence-electron chi connectivity index (χ2n) is 12.9. The maximum atomic E-state index is 14.1. The second-order valence-corrected chi connectivity index (χ2v) is 12.9. The Morgan fingerprint density at radius 1 is 1.03 bits per heavy atom. The lowest BCUT2D eigenvalue weighted by Crippen LogP contribution is -2.57. The van der Waals surface area contributed by atoms with Gasteiger partial charge < -0.3 is 5.11 Å². The zero-order valence-electron chi connectivity index (χ0n) is 22.0. The van der Waals surface area contributed by atoms with E-state index in [4.69, 9.17) is 0 Å². The molecule has 3 nitrogen and oxygen atoms in total. The van der Waals surface area contributed by atoms with Crippen molar-refractivity contribution in [3.05, 3.63) is 11.1 Å². The van der Waals surface area contributed by atoms with Gasteiger partial charge in [0.1, 0.15) is 6.10 Å². The van der Waals surface area contributed by atoms with Gasteiger partial charge in [-0.2, -0.15) is 0 Å². The van der Waals surface area contributed by atoms with Crippen LogP contribution in [0.1, 0.15) is 113 Å². The summed E-state index contributed by atoms with van der Waals surface area (Å²) in [6.45, 7) is 17.7. The van der Waals surface area contributed by atoms with E-state index in [1.807, 2.05) is 13.8 Å². The van der Waals surface area contributed by atoms with Gasteiger partial charge >= 0.3 is 0 Å². The minimum absolute atomic E-state index is 0.0477. The number of carbonyl (C=O) groups excluding carboxylic acids is 2. The number of ketones is 2. The normalized spacial score (nSPS) is 36.7. The summed E-state index contributed by atoms with van der Waals surface area (Å²) in [4.78, 5) is 26.9. The predicted molar refractivity (Wildman–Crippen MR) is 131 cm³/mol. The van der Waals surface area contributed by atoms with Crippen molar-refractivity contribution in [2.24, 2.45) is 39.9 Å². The predicted octanol–water partition coefficient (Wildman–Crippen LogP) is 6.92. The van der Waals surface area contributed by atoms with Crippen LogP contribution in [0.4, 0.5) is 0 Å². The summed E-state index contributed by atoms with van der Waals surface area (Å²) in [5, 5.41) is 10.6. The van der Waals surface area contributed by atoms with Crippen LogP contribution in [0.15, 0.2) is 11.1 Å². The van der Waals surface area contributed by atoms with Gasteiger partial charge in [-0.15, -0.1) is 0 Å². The summed E-state index contributed by atoms with van der Waals surface area (Å²) in [7, 11) is 0. The van der Waals surface area contributed by atoms with Crippen molar-refractivity contribution in [2.75, 3.05) is 0 Å². The monoisotopic (exact) mass is 444 g/mol. The van der Waals surface area contributed by atoms with E-state index in [1.54, 1.807) is 0 Å².